The van der Waals surface area contributed by atoms with Gasteiger partial charge in [-0.3, -0.25) is 4.79 Å². The van der Waals surface area contributed by atoms with Gasteiger partial charge in [-0.1, -0.05) is 37.8 Å². The molecule has 1 amide bonds. The molecule has 0 unspecified atom stereocenters. The van der Waals surface area contributed by atoms with Gasteiger partial charge in [0, 0.05) is 12.8 Å². The lowest BCUT2D eigenvalue weighted by Gasteiger charge is -2.42. The Labute approximate surface area is 149 Å². The fourth-order valence-electron chi connectivity index (χ4n) is 4.00. The third-order valence-electron chi connectivity index (χ3n) is 5.84. The minimum absolute atomic E-state index is 0.0511. The first-order valence-corrected chi connectivity index (χ1v) is 11.0. The average Bonchev–Trinajstić information content (AvgIpc) is 2.52. The molecule has 0 heterocycles. The largest absolute Gasteiger partial charge is 0.388 e. The van der Waals surface area contributed by atoms with Crippen LogP contribution in [0.1, 0.15) is 56.9 Å². The molecule has 1 aromatic rings. The minimum Gasteiger partial charge on any atom is -0.388 e. The lowest BCUT2D eigenvalue weighted by atomic mass is 9.63. The fourth-order valence-corrected chi connectivity index (χ4v) is 4.63. The smallest absolute Gasteiger partial charge is 0.230 e. The highest BCUT2D eigenvalue weighted by Gasteiger charge is 2.46. The summed E-state index contributed by atoms with van der Waals surface area (Å²) in [6.07, 6.45) is 8.31. The van der Waals surface area contributed by atoms with Gasteiger partial charge in [0.2, 0.25) is 5.91 Å². The van der Waals surface area contributed by atoms with E-state index in [4.69, 9.17) is 0 Å². The molecule has 0 bridgehead atoms. The van der Waals surface area contributed by atoms with E-state index in [1.807, 2.05) is 0 Å². The van der Waals surface area contributed by atoms with E-state index in [0.717, 1.165) is 56.9 Å². The third kappa shape index (κ3) is 3.75. The summed E-state index contributed by atoms with van der Waals surface area (Å²) < 4.78 is 23.2. The van der Waals surface area contributed by atoms with Gasteiger partial charge < -0.3 is 10.4 Å². The summed E-state index contributed by atoms with van der Waals surface area (Å²) in [7, 11) is -3.24. The predicted molar refractivity (Wildman–Crippen MR) is 96.1 cm³/mol. The van der Waals surface area contributed by atoms with Crippen molar-refractivity contribution >= 4 is 15.7 Å². The van der Waals surface area contributed by atoms with Crippen LogP contribution in [0.15, 0.2) is 29.2 Å². The summed E-state index contributed by atoms with van der Waals surface area (Å²) in [5.74, 6) is -0.0511. The van der Waals surface area contributed by atoms with E-state index in [1.165, 1.54) is 6.26 Å². The van der Waals surface area contributed by atoms with Crippen LogP contribution in [0, 0.1) is 0 Å². The summed E-state index contributed by atoms with van der Waals surface area (Å²) in [5, 5.41) is 13.6. The van der Waals surface area contributed by atoms with Crippen molar-refractivity contribution in [3.8, 4) is 0 Å². The number of amides is 1. The van der Waals surface area contributed by atoms with Crippen LogP contribution >= 0.6 is 0 Å². The third-order valence-corrected chi connectivity index (χ3v) is 6.97. The maximum atomic E-state index is 12.9. The maximum Gasteiger partial charge on any atom is 0.230 e. The fraction of sp³-hybridized carbons (Fsp3) is 0.632. The van der Waals surface area contributed by atoms with Crippen LogP contribution in [0.4, 0.5) is 0 Å². The Morgan fingerprint density at radius 3 is 2.12 bits per heavy atom. The number of carbonyl (C=O) groups excluding carboxylic acids is 1. The Balaban J connectivity index is 1.72. The van der Waals surface area contributed by atoms with Crippen LogP contribution < -0.4 is 5.32 Å². The Kier molecular flexibility index (Phi) is 4.95. The summed E-state index contributed by atoms with van der Waals surface area (Å²) in [4.78, 5) is 13.1. The summed E-state index contributed by atoms with van der Waals surface area (Å²) in [6, 6.07) is 6.66. The highest BCUT2D eigenvalue weighted by atomic mass is 32.2. The molecule has 2 N–H and O–H groups in total. The van der Waals surface area contributed by atoms with Gasteiger partial charge in [-0.2, -0.15) is 0 Å². The number of sulfone groups is 1. The van der Waals surface area contributed by atoms with Crippen molar-refractivity contribution in [1.82, 2.24) is 5.32 Å². The molecule has 2 fully saturated rings. The van der Waals surface area contributed by atoms with E-state index in [2.05, 4.69) is 5.32 Å². The van der Waals surface area contributed by atoms with Crippen molar-refractivity contribution < 1.29 is 18.3 Å². The van der Waals surface area contributed by atoms with Crippen molar-refractivity contribution in [1.29, 1.82) is 0 Å². The topological polar surface area (TPSA) is 83.5 Å². The number of carbonyl (C=O) groups is 1. The maximum absolute atomic E-state index is 12.9. The van der Waals surface area contributed by atoms with Gasteiger partial charge in [0.05, 0.1) is 15.9 Å². The van der Waals surface area contributed by atoms with E-state index in [-0.39, 0.29) is 10.8 Å². The van der Waals surface area contributed by atoms with E-state index in [1.54, 1.807) is 24.3 Å². The number of hydrogen-bond acceptors (Lipinski definition) is 4. The molecule has 3 rings (SSSR count). The molecular weight excluding hydrogens is 338 g/mol. The molecule has 0 atom stereocenters. The second kappa shape index (κ2) is 6.72. The molecule has 0 aromatic heterocycles. The van der Waals surface area contributed by atoms with Crippen LogP contribution in [0.3, 0.4) is 0 Å². The standard InChI is InChI=1S/C19H27NO4S/c1-25(23,24)16-8-6-15(7-9-16)19(12-5-13-19)17(21)20-14-18(22)10-3-2-4-11-18/h6-9,22H,2-5,10-14H2,1H3,(H,20,21). The first-order chi connectivity index (χ1) is 11.8. The molecule has 0 aliphatic heterocycles. The number of benzene rings is 1. The molecule has 25 heavy (non-hydrogen) atoms. The van der Waals surface area contributed by atoms with Crippen LogP contribution in [0.25, 0.3) is 0 Å². The zero-order valence-electron chi connectivity index (χ0n) is 14.8. The van der Waals surface area contributed by atoms with E-state index in [9.17, 15) is 18.3 Å². The first-order valence-electron chi connectivity index (χ1n) is 9.07. The van der Waals surface area contributed by atoms with Crippen LogP contribution in [0.5, 0.6) is 0 Å². The molecular formula is C19H27NO4S. The highest BCUT2D eigenvalue weighted by molar-refractivity contribution is 7.90. The summed E-state index contributed by atoms with van der Waals surface area (Å²) in [5.41, 5.74) is -0.501. The number of rotatable bonds is 5. The molecule has 138 valence electrons. The zero-order chi connectivity index (χ0) is 18.1. The quantitative estimate of drug-likeness (QED) is 0.839. The van der Waals surface area contributed by atoms with E-state index in [0.29, 0.717) is 6.54 Å². The molecule has 6 heteroatoms. The Bertz CT molecular complexity index is 729. The van der Waals surface area contributed by atoms with Crippen molar-refractivity contribution in [3.63, 3.8) is 0 Å². The van der Waals surface area contributed by atoms with Crippen LogP contribution in [-0.2, 0) is 20.0 Å². The van der Waals surface area contributed by atoms with Gasteiger partial charge >= 0.3 is 0 Å². The average molecular weight is 365 g/mol. The van der Waals surface area contributed by atoms with Crippen LogP contribution in [-0.4, -0.2) is 37.8 Å². The van der Waals surface area contributed by atoms with Gasteiger partial charge in [-0.15, -0.1) is 0 Å². The predicted octanol–water partition coefficient (Wildman–Crippen LogP) is 2.32. The number of aliphatic hydroxyl groups is 1. The molecule has 0 saturated heterocycles. The molecule has 2 aliphatic rings. The second-order valence-electron chi connectivity index (χ2n) is 7.70. The number of hydrogen-bond donors (Lipinski definition) is 2. The van der Waals surface area contributed by atoms with Crippen LogP contribution in [0.2, 0.25) is 0 Å². The summed E-state index contributed by atoms with van der Waals surface area (Å²) in [6.45, 7) is 0.301. The van der Waals surface area contributed by atoms with Crippen molar-refractivity contribution in [2.45, 2.75) is 67.3 Å². The molecule has 5 nitrogen and oxygen atoms in total. The monoisotopic (exact) mass is 365 g/mol. The van der Waals surface area contributed by atoms with Gasteiger partial charge in [0.1, 0.15) is 0 Å². The lowest BCUT2D eigenvalue weighted by Crippen LogP contribution is -2.53. The normalized spacial score (nSPS) is 22.0. The van der Waals surface area contributed by atoms with Crippen molar-refractivity contribution in [2.24, 2.45) is 0 Å². The zero-order valence-corrected chi connectivity index (χ0v) is 15.6. The van der Waals surface area contributed by atoms with E-state index >= 15 is 0 Å². The number of nitrogens with one attached hydrogen (secondary N) is 1. The SMILES string of the molecule is CS(=O)(=O)c1ccc(C2(C(=O)NCC3(O)CCCCC3)CCC2)cc1. The Morgan fingerprint density at radius 1 is 1.04 bits per heavy atom. The van der Waals surface area contributed by atoms with E-state index < -0.39 is 20.9 Å². The Morgan fingerprint density at radius 2 is 1.64 bits per heavy atom. The first kappa shape index (κ1) is 18.4. The van der Waals surface area contributed by atoms with Gasteiger partial charge in [0.15, 0.2) is 9.84 Å². The molecule has 1 aromatic carbocycles. The minimum atomic E-state index is -3.24. The van der Waals surface area contributed by atoms with Gasteiger partial charge in [-0.25, -0.2) is 8.42 Å². The molecule has 2 aliphatic carbocycles. The van der Waals surface area contributed by atoms with Gasteiger partial charge in [-0.05, 0) is 43.4 Å². The highest BCUT2D eigenvalue weighted by Crippen LogP contribution is 2.44. The molecule has 2 saturated carbocycles. The second-order valence-corrected chi connectivity index (χ2v) is 9.72. The lowest BCUT2D eigenvalue weighted by molar-refractivity contribution is -0.131. The molecule has 0 radical (unpaired) electrons. The Hall–Kier alpha value is -1.40. The van der Waals surface area contributed by atoms with Gasteiger partial charge in [0.25, 0.3) is 0 Å². The summed E-state index contributed by atoms with van der Waals surface area (Å²) >= 11 is 0. The molecule has 0 spiro atoms. The van der Waals surface area contributed by atoms with Crippen molar-refractivity contribution in [2.75, 3.05) is 12.8 Å². The van der Waals surface area contributed by atoms with Crippen molar-refractivity contribution in [3.05, 3.63) is 29.8 Å².